The van der Waals surface area contributed by atoms with Gasteiger partial charge >= 0.3 is 18.0 Å². The molecule has 0 bridgehead atoms. The SMILES string of the molecule is CC(C)(O[PH2]=O)C(=O)C(C)(C)O[PH2]=O.CC(C)[C@H](NC(=O)OCc1ccccc1)C(=O)N[C@@H](CC(=O)O)C(=O)O. The van der Waals surface area contributed by atoms with Crippen molar-refractivity contribution in [1.29, 1.82) is 0 Å². The van der Waals surface area contributed by atoms with E-state index in [1.54, 1.807) is 38.1 Å². The molecule has 1 aromatic rings. The van der Waals surface area contributed by atoms with Crippen LogP contribution in [0.25, 0.3) is 0 Å². The van der Waals surface area contributed by atoms with Crippen LogP contribution in [0.2, 0.25) is 0 Å². The van der Waals surface area contributed by atoms with Crippen LogP contribution in [-0.2, 0) is 48.7 Å². The Bertz CT molecular complexity index is 1020. The molecular formula is C24H38N2O12P2. The summed E-state index contributed by atoms with van der Waals surface area (Å²) in [6.07, 6.45) is -1.61. The second-order valence-corrected chi connectivity index (χ2v) is 10.6. The fourth-order valence-corrected chi connectivity index (χ4v) is 3.83. The lowest BCUT2D eigenvalue weighted by atomic mass is 9.91. The third-order valence-electron chi connectivity index (χ3n) is 5.21. The van der Waals surface area contributed by atoms with E-state index in [4.69, 9.17) is 24.0 Å². The Morgan fingerprint density at radius 1 is 0.875 bits per heavy atom. The number of ether oxygens (including phenoxy) is 1. The van der Waals surface area contributed by atoms with Crippen molar-refractivity contribution in [2.24, 2.45) is 5.92 Å². The average molecular weight is 609 g/mol. The Hall–Kier alpha value is -3.05. The number of ketones is 1. The Balaban J connectivity index is 0.000000919. The Labute approximate surface area is 234 Å². The highest BCUT2D eigenvalue weighted by molar-refractivity contribution is 7.17. The van der Waals surface area contributed by atoms with Crippen molar-refractivity contribution in [2.75, 3.05) is 0 Å². The number of carboxylic acid groups (broad SMARTS) is 2. The zero-order valence-corrected chi connectivity index (χ0v) is 25.5. The van der Waals surface area contributed by atoms with Crippen LogP contribution >= 0.6 is 17.4 Å². The predicted molar refractivity (Wildman–Crippen MR) is 146 cm³/mol. The molecule has 0 heterocycles. The van der Waals surface area contributed by atoms with E-state index < -0.39 is 71.0 Å². The molecule has 0 aromatic heterocycles. The molecule has 40 heavy (non-hydrogen) atoms. The van der Waals surface area contributed by atoms with Gasteiger partial charge in [-0.15, -0.1) is 0 Å². The van der Waals surface area contributed by atoms with Crippen molar-refractivity contribution in [3.63, 3.8) is 0 Å². The van der Waals surface area contributed by atoms with Gasteiger partial charge < -0.3 is 34.6 Å². The van der Waals surface area contributed by atoms with Crippen molar-refractivity contribution in [3.05, 3.63) is 35.9 Å². The van der Waals surface area contributed by atoms with E-state index in [9.17, 15) is 33.1 Å². The first-order valence-corrected chi connectivity index (χ1v) is 13.9. The first-order valence-electron chi connectivity index (χ1n) is 12.0. The molecule has 226 valence electrons. The van der Waals surface area contributed by atoms with Crippen molar-refractivity contribution in [2.45, 2.75) is 77.9 Å². The fraction of sp³-hybridized carbons (Fsp3) is 0.542. The molecule has 0 fully saturated rings. The quantitative estimate of drug-likeness (QED) is 0.212. The minimum atomic E-state index is -1.59. The lowest BCUT2D eigenvalue weighted by molar-refractivity contribution is -0.147. The molecule has 0 aliphatic rings. The van der Waals surface area contributed by atoms with Crippen LogP contribution in [0.15, 0.2) is 30.3 Å². The van der Waals surface area contributed by atoms with Crippen LogP contribution in [0.4, 0.5) is 4.79 Å². The molecule has 2 amide bonds. The summed E-state index contributed by atoms with van der Waals surface area (Å²) in [5.41, 5.74) is -1.58. The highest BCUT2D eigenvalue weighted by Crippen LogP contribution is 2.27. The van der Waals surface area contributed by atoms with Crippen molar-refractivity contribution in [3.8, 4) is 0 Å². The molecule has 2 unspecified atom stereocenters. The molecule has 0 spiro atoms. The maximum absolute atomic E-state index is 12.3. The number of carbonyl (C=O) groups excluding carboxylic acids is 3. The summed E-state index contributed by atoms with van der Waals surface area (Å²) in [6.45, 7) is 9.33. The Morgan fingerprint density at radius 2 is 1.38 bits per heavy atom. The van der Waals surface area contributed by atoms with Gasteiger partial charge in [0, 0.05) is 0 Å². The average Bonchev–Trinajstić information content (AvgIpc) is 2.85. The Kier molecular flexibility index (Phi) is 16.3. The lowest BCUT2D eigenvalue weighted by Crippen LogP contribution is -2.54. The van der Waals surface area contributed by atoms with Crippen molar-refractivity contribution >= 4 is 47.1 Å². The molecule has 0 saturated carbocycles. The van der Waals surface area contributed by atoms with E-state index in [0.717, 1.165) is 5.56 Å². The third-order valence-corrected chi connectivity index (χ3v) is 6.58. The van der Waals surface area contributed by atoms with Gasteiger partial charge in [-0.2, -0.15) is 0 Å². The first-order chi connectivity index (χ1) is 18.5. The highest BCUT2D eigenvalue weighted by atomic mass is 31.1. The summed E-state index contributed by atoms with van der Waals surface area (Å²) < 4.78 is 35.4. The van der Waals surface area contributed by atoms with Gasteiger partial charge in [-0.25, -0.2) is 9.59 Å². The van der Waals surface area contributed by atoms with Gasteiger partial charge in [0.05, 0.1) is 6.42 Å². The lowest BCUT2D eigenvalue weighted by Gasteiger charge is -2.29. The van der Waals surface area contributed by atoms with Gasteiger partial charge in [-0.1, -0.05) is 44.2 Å². The summed E-state index contributed by atoms with van der Waals surface area (Å²) in [4.78, 5) is 57.7. The van der Waals surface area contributed by atoms with Gasteiger partial charge in [0.1, 0.15) is 29.9 Å². The molecule has 4 N–H and O–H groups in total. The number of carboxylic acids is 2. The number of amides is 2. The van der Waals surface area contributed by atoms with Gasteiger partial charge in [-0.05, 0) is 39.2 Å². The topological polar surface area (TPSA) is 212 Å². The minimum absolute atomic E-state index is 0.00979. The zero-order valence-electron chi connectivity index (χ0n) is 23.2. The number of hydrogen-bond donors (Lipinski definition) is 4. The molecular weight excluding hydrogens is 570 g/mol. The van der Waals surface area contributed by atoms with Crippen LogP contribution in [0, 0.1) is 5.92 Å². The highest BCUT2D eigenvalue weighted by Gasteiger charge is 2.40. The van der Waals surface area contributed by atoms with Gasteiger partial charge in [0.25, 0.3) is 0 Å². The second-order valence-electron chi connectivity index (χ2n) is 9.70. The van der Waals surface area contributed by atoms with E-state index in [1.807, 2.05) is 6.07 Å². The number of hydrogen-bond acceptors (Lipinski definition) is 10. The summed E-state index contributed by atoms with van der Waals surface area (Å²) in [7, 11) is -2.92. The van der Waals surface area contributed by atoms with E-state index in [1.165, 1.54) is 27.7 Å². The second kappa shape index (κ2) is 17.6. The number of Topliss-reactive ketones (excluding diaryl/α,β-unsaturated/α-hetero) is 1. The number of carbonyl (C=O) groups is 5. The summed E-state index contributed by atoms with van der Waals surface area (Å²) in [5, 5.41) is 22.2. The fourth-order valence-electron chi connectivity index (χ4n) is 3.14. The molecule has 4 atom stereocenters. The third kappa shape index (κ3) is 13.8. The maximum atomic E-state index is 12.3. The van der Waals surface area contributed by atoms with Crippen LogP contribution in [0.1, 0.15) is 53.5 Å². The van der Waals surface area contributed by atoms with Gasteiger partial charge in [0.2, 0.25) is 5.91 Å². The monoisotopic (exact) mass is 608 g/mol. The normalized spacial score (nSPS) is 13.4. The van der Waals surface area contributed by atoms with Crippen LogP contribution in [0.5, 0.6) is 0 Å². The molecule has 14 nitrogen and oxygen atoms in total. The van der Waals surface area contributed by atoms with Gasteiger partial charge in [0.15, 0.2) is 23.2 Å². The Morgan fingerprint density at radius 3 is 1.77 bits per heavy atom. The number of benzene rings is 1. The minimum Gasteiger partial charge on any atom is -0.481 e. The molecule has 16 heteroatoms. The van der Waals surface area contributed by atoms with E-state index in [0.29, 0.717) is 0 Å². The summed E-state index contributed by atoms with van der Waals surface area (Å²) >= 11 is 0. The molecule has 0 aliphatic heterocycles. The molecule has 1 aromatic carbocycles. The predicted octanol–water partition coefficient (Wildman–Crippen LogP) is 2.47. The number of rotatable bonds is 15. The smallest absolute Gasteiger partial charge is 0.408 e. The summed E-state index contributed by atoms with van der Waals surface area (Å²) in [5.74, 6) is -4.40. The molecule has 1 rings (SSSR count). The molecule has 0 radical (unpaired) electrons. The number of alkyl carbamates (subject to hydrolysis) is 1. The largest absolute Gasteiger partial charge is 0.481 e. The van der Waals surface area contributed by atoms with E-state index in [-0.39, 0.29) is 18.3 Å². The van der Waals surface area contributed by atoms with Crippen LogP contribution < -0.4 is 10.6 Å². The van der Waals surface area contributed by atoms with Gasteiger partial charge in [-0.3, -0.25) is 23.5 Å². The van der Waals surface area contributed by atoms with Crippen molar-refractivity contribution in [1.82, 2.24) is 10.6 Å². The molecule has 0 saturated heterocycles. The zero-order chi connectivity index (χ0) is 31.1. The number of aliphatic carboxylic acids is 2. The van der Waals surface area contributed by atoms with Crippen LogP contribution in [0.3, 0.4) is 0 Å². The number of nitrogens with one attached hydrogen (secondary N) is 2. The van der Waals surface area contributed by atoms with E-state index >= 15 is 0 Å². The van der Waals surface area contributed by atoms with Crippen LogP contribution in [-0.4, -0.2) is 63.2 Å². The maximum Gasteiger partial charge on any atom is 0.408 e. The first kappa shape index (κ1) is 37.0. The molecule has 0 aliphatic carbocycles. The summed E-state index contributed by atoms with van der Waals surface area (Å²) in [6, 6.07) is 6.26. The standard InChI is InChI=1S/C17H22N2O7.C7H16O5P2/c1-10(2)14(15(22)18-12(16(23)24)8-13(20)21)19-17(25)26-9-11-6-4-3-5-7-11;1-6(2,11-13-9)5(8)7(3,4)12-14-10/h3-7,10,12,14H,8-9H2,1-2H3,(H,18,22)(H,19,25)(H,20,21)(H,23,24);13-14H2,1-4H3/t12-,14-;/m0./s1. The van der Waals surface area contributed by atoms with E-state index in [2.05, 4.69) is 10.6 Å². The van der Waals surface area contributed by atoms with Crippen molar-refractivity contribution < 1.29 is 57.1 Å².